The van der Waals surface area contributed by atoms with Crippen molar-refractivity contribution in [3.05, 3.63) is 78.6 Å². The van der Waals surface area contributed by atoms with E-state index in [4.69, 9.17) is 4.74 Å². The molecule has 7 heteroatoms. The summed E-state index contributed by atoms with van der Waals surface area (Å²) in [4.78, 5) is 13.4. The molecule has 1 unspecified atom stereocenters. The summed E-state index contributed by atoms with van der Waals surface area (Å²) >= 11 is 1.43. The molecule has 0 radical (unpaired) electrons. The first-order valence-electron chi connectivity index (χ1n) is 11.4. The van der Waals surface area contributed by atoms with Crippen molar-refractivity contribution in [1.82, 2.24) is 14.8 Å². The number of nitrogens with one attached hydrogen (secondary N) is 1. The van der Waals surface area contributed by atoms with Gasteiger partial charge in [-0.15, -0.1) is 16.8 Å². The Bertz CT molecular complexity index is 1060. The Morgan fingerprint density at radius 3 is 2.55 bits per heavy atom. The molecular formula is C26H30N4O2S. The van der Waals surface area contributed by atoms with Crippen LogP contribution in [-0.2, 0) is 11.3 Å². The molecule has 4 rings (SSSR count). The lowest BCUT2D eigenvalue weighted by Crippen LogP contribution is -2.20. The molecule has 0 saturated heterocycles. The van der Waals surface area contributed by atoms with Gasteiger partial charge in [0.25, 0.3) is 0 Å². The first kappa shape index (κ1) is 23.1. The summed E-state index contributed by atoms with van der Waals surface area (Å²) in [5, 5.41) is 12.4. The van der Waals surface area contributed by atoms with Gasteiger partial charge in [-0.25, -0.2) is 0 Å². The molecule has 1 fully saturated rings. The molecule has 1 aromatic heterocycles. The van der Waals surface area contributed by atoms with Gasteiger partial charge in [-0.05, 0) is 42.7 Å². The van der Waals surface area contributed by atoms with E-state index in [9.17, 15) is 4.79 Å². The van der Waals surface area contributed by atoms with Crippen LogP contribution in [0.3, 0.4) is 0 Å². The molecule has 1 aliphatic rings. The van der Waals surface area contributed by atoms with Crippen LogP contribution in [0.2, 0.25) is 0 Å². The molecule has 0 bridgehead atoms. The molecule has 1 atom stereocenters. The van der Waals surface area contributed by atoms with Crippen molar-refractivity contribution < 1.29 is 9.53 Å². The fourth-order valence-corrected chi connectivity index (χ4v) is 5.29. The number of methoxy groups -OCH3 is 1. The van der Waals surface area contributed by atoms with E-state index >= 15 is 0 Å². The number of amides is 1. The van der Waals surface area contributed by atoms with Crippen molar-refractivity contribution in [2.75, 3.05) is 12.4 Å². The van der Waals surface area contributed by atoms with Gasteiger partial charge >= 0.3 is 0 Å². The number of ether oxygens (including phenoxy) is 1. The van der Waals surface area contributed by atoms with Gasteiger partial charge in [-0.2, -0.15) is 0 Å². The van der Waals surface area contributed by atoms with Crippen LogP contribution in [0.15, 0.2) is 72.4 Å². The zero-order valence-corrected chi connectivity index (χ0v) is 19.8. The SMILES string of the molecule is C=CCn1c(SC(C(=O)Nc2ccc(OC)cc2)c2ccccc2)nnc1C1CCCCC1. The fraction of sp³-hybridized carbons (Fsp3) is 0.346. The number of benzene rings is 2. The number of rotatable bonds is 9. The minimum Gasteiger partial charge on any atom is -0.497 e. The highest BCUT2D eigenvalue weighted by Crippen LogP contribution is 2.38. The smallest absolute Gasteiger partial charge is 0.242 e. The quantitative estimate of drug-likeness (QED) is 0.312. The van der Waals surface area contributed by atoms with Crippen LogP contribution in [0, 0.1) is 0 Å². The lowest BCUT2D eigenvalue weighted by Gasteiger charge is -2.22. The van der Waals surface area contributed by atoms with Gasteiger partial charge in [0, 0.05) is 18.2 Å². The standard InChI is InChI=1S/C26H30N4O2S/c1-3-18-30-24(20-12-8-5-9-13-20)28-29-26(30)33-23(19-10-6-4-7-11-19)25(31)27-21-14-16-22(32-2)17-15-21/h3-4,6-7,10-11,14-17,20,23H,1,5,8-9,12-13,18H2,2H3,(H,27,31). The Morgan fingerprint density at radius 2 is 1.88 bits per heavy atom. The van der Waals surface area contributed by atoms with E-state index in [0.717, 1.165) is 40.8 Å². The predicted octanol–water partition coefficient (Wildman–Crippen LogP) is 5.99. The average Bonchev–Trinajstić information content (AvgIpc) is 3.26. The molecule has 2 aromatic carbocycles. The van der Waals surface area contributed by atoms with Crippen molar-refractivity contribution >= 4 is 23.4 Å². The van der Waals surface area contributed by atoms with Crippen LogP contribution in [0.5, 0.6) is 5.75 Å². The summed E-state index contributed by atoms with van der Waals surface area (Å²) in [6.45, 7) is 4.56. The number of thioether (sulfide) groups is 1. The first-order valence-corrected chi connectivity index (χ1v) is 12.3. The number of carbonyl (C=O) groups is 1. The molecule has 33 heavy (non-hydrogen) atoms. The highest BCUT2D eigenvalue weighted by Gasteiger charge is 2.28. The minimum absolute atomic E-state index is 0.108. The van der Waals surface area contributed by atoms with E-state index in [2.05, 4.69) is 26.7 Å². The van der Waals surface area contributed by atoms with Crippen LogP contribution in [0.4, 0.5) is 5.69 Å². The first-order chi connectivity index (χ1) is 16.2. The van der Waals surface area contributed by atoms with Crippen LogP contribution < -0.4 is 10.1 Å². The summed E-state index contributed by atoms with van der Waals surface area (Å²) in [6.07, 6.45) is 7.89. The summed E-state index contributed by atoms with van der Waals surface area (Å²) in [5.74, 6) is 2.07. The van der Waals surface area contributed by atoms with Gasteiger partial charge in [0.05, 0.1) is 7.11 Å². The molecule has 0 spiro atoms. The molecule has 6 nitrogen and oxygen atoms in total. The van der Waals surface area contributed by atoms with Gasteiger partial charge in [0.2, 0.25) is 5.91 Å². The number of hydrogen-bond donors (Lipinski definition) is 1. The predicted molar refractivity (Wildman–Crippen MR) is 133 cm³/mol. The summed E-state index contributed by atoms with van der Waals surface area (Å²) in [6, 6.07) is 17.1. The third-order valence-corrected chi connectivity index (χ3v) is 7.18. The molecule has 1 saturated carbocycles. The molecule has 1 aliphatic carbocycles. The average molecular weight is 463 g/mol. The zero-order valence-electron chi connectivity index (χ0n) is 18.9. The van der Waals surface area contributed by atoms with Crippen molar-refractivity contribution in [1.29, 1.82) is 0 Å². The molecule has 1 heterocycles. The Balaban J connectivity index is 1.61. The van der Waals surface area contributed by atoms with Crippen LogP contribution in [-0.4, -0.2) is 27.8 Å². The third-order valence-electron chi connectivity index (χ3n) is 5.95. The normalized spacial score (nSPS) is 15.1. The second-order valence-electron chi connectivity index (χ2n) is 8.20. The molecule has 1 N–H and O–H groups in total. The number of anilines is 1. The van der Waals surface area contributed by atoms with Gasteiger partial charge < -0.3 is 14.6 Å². The second kappa shape index (κ2) is 11.2. The second-order valence-corrected chi connectivity index (χ2v) is 9.27. The summed E-state index contributed by atoms with van der Waals surface area (Å²) in [7, 11) is 1.62. The lowest BCUT2D eigenvalue weighted by atomic mass is 9.89. The van der Waals surface area contributed by atoms with Crippen molar-refractivity contribution in [2.45, 2.75) is 55.0 Å². The Kier molecular flexibility index (Phi) is 7.83. The van der Waals surface area contributed by atoms with Crippen LogP contribution in [0.1, 0.15) is 54.7 Å². The van der Waals surface area contributed by atoms with E-state index in [1.807, 2.05) is 60.7 Å². The highest BCUT2D eigenvalue weighted by molar-refractivity contribution is 8.00. The number of nitrogens with zero attached hydrogens (tertiary/aromatic N) is 3. The molecular weight excluding hydrogens is 432 g/mol. The van der Waals surface area contributed by atoms with Gasteiger partial charge in [0.1, 0.15) is 16.8 Å². The molecule has 1 amide bonds. The van der Waals surface area contributed by atoms with E-state index < -0.39 is 5.25 Å². The monoisotopic (exact) mass is 462 g/mol. The molecule has 3 aromatic rings. The number of hydrogen-bond acceptors (Lipinski definition) is 5. The molecule has 0 aliphatic heterocycles. The van der Waals surface area contributed by atoms with Crippen molar-refractivity contribution in [3.8, 4) is 5.75 Å². The largest absolute Gasteiger partial charge is 0.497 e. The van der Waals surface area contributed by atoms with Crippen molar-refractivity contribution in [2.24, 2.45) is 0 Å². The lowest BCUT2D eigenvalue weighted by molar-refractivity contribution is -0.115. The Labute approximate surface area is 199 Å². The van der Waals surface area contributed by atoms with E-state index in [0.29, 0.717) is 12.5 Å². The fourth-order valence-electron chi connectivity index (χ4n) is 4.24. The van der Waals surface area contributed by atoms with Gasteiger partial charge in [-0.3, -0.25) is 4.79 Å². The van der Waals surface area contributed by atoms with Crippen LogP contribution >= 0.6 is 11.8 Å². The zero-order chi connectivity index (χ0) is 23.0. The maximum atomic E-state index is 13.4. The number of aromatic nitrogens is 3. The summed E-state index contributed by atoms with van der Waals surface area (Å²) < 4.78 is 7.34. The van der Waals surface area contributed by atoms with Crippen LogP contribution in [0.25, 0.3) is 0 Å². The van der Waals surface area contributed by atoms with Crippen molar-refractivity contribution in [3.63, 3.8) is 0 Å². The Morgan fingerprint density at radius 1 is 1.15 bits per heavy atom. The minimum atomic E-state index is -0.472. The maximum absolute atomic E-state index is 13.4. The van der Waals surface area contributed by atoms with E-state index in [-0.39, 0.29) is 5.91 Å². The third kappa shape index (κ3) is 5.66. The Hall–Kier alpha value is -3.06. The van der Waals surface area contributed by atoms with E-state index in [1.54, 1.807) is 7.11 Å². The maximum Gasteiger partial charge on any atom is 0.242 e. The van der Waals surface area contributed by atoms with Gasteiger partial charge in [-0.1, -0.05) is 67.4 Å². The highest BCUT2D eigenvalue weighted by atomic mass is 32.2. The number of allylic oxidation sites excluding steroid dienone is 1. The molecule has 172 valence electrons. The topological polar surface area (TPSA) is 69.0 Å². The summed E-state index contributed by atoms with van der Waals surface area (Å²) in [5.41, 5.74) is 1.64. The number of carbonyl (C=O) groups excluding carboxylic acids is 1. The van der Waals surface area contributed by atoms with Gasteiger partial charge in [0.15, 0.2) is 5.16 Å². The van der Waals surface area contributed by atoms with E-state index in [1.165, 1.54) is 31.0 Å².